The zero-order valence-electron chi connectivity index (χ0n) is 16.7. The van der Waals surface area contributed by atoms with Gasteiger partial charge in [0.1, 0.15) is 0 Å². The fourth-order valence-electron chi connectivity index (χ4n) is 3.78. The third-order valence-electron chi connectivity index (χ3n) is 6.39. The van der Waals surface area contributed by atoms with E-state index in [2.05, 4.69) is 77.7 Å². The second-order valence-corrected chi connectivity index (χ2v) is 8.03. The molecule has 2 unspecified atom stereocenters. The standard InChI is InChI=1S/C21H32N4O/c1-20(2)18(14-21(20,3)26-5)24-19(22-4)23-15-16-8-10-17(11-9-16)25-12-6-7-13-25/h6-11,18H,12-15H2,1-5H3,(H2,22,23,24). The number of ether oxygens (including phenoxy) is 1. The number of hydrogen-bond donors (Lipinski definition) is 2. The molecule has 0 aromatic heterocycles. The Morgan fingerprint density at radius 3 is 2.38 bits per heavy atom. The summed E-state index contributed by atoms with van der Waals surface area (Å²) in [7, 11) is 3.62. The van der Waals surface area contributed by atoms with Crippen LogP contribution in [0.3, 0.4) is 0 Å². The molecule has 1 fully saturated rings. The maximum Gasteiger partial charge on any atom is 0.191 e. The van der Waals surface area contributed by atoms with Crippen molar-refractivity contribution in [2.75, 3.05) is 32.1 Å². The minimum Gasteiger partial charge on any atom is -0.378 e. The van der Waals surface area contributed by atoms with E-state index in [0.29, 0.717) is 6.04 Å². The minimum absolute atomic E-state index is 0.0603. The number of nitrogens with zero attached hydrogens (tertiary/aromatic N) is 2. The molecule has 0 spiro atoms. The highest BCUT2D eigenvalue weighted by Gasteiger charge is 2.58. The molecule has 0 amide bonds. The molecule has 2 aliphatic rings. The van der Waals surface area contributed by atoms with Crippen LogP contribution in [0.2, 0.25) is 0 Å². The summed E-state index contributed by atoms with van der Waals surface area (Å²) in [5.74, 6) is 0.842. The topological polar surface area (TPSA) is 48.9 Å². The first-order chi connectivity index (χ1) is 12.4. The SMILES string of the molecule is CN=C(NCc1ccc(N2CC=CC2)cc1)NC1CC(C)(OC)C1(C)C. The first-order valence-electron chi connectivity index (χ1n) is 9.41. The molecule has 0 radical (unpaired) electrons. The highest BCUT2D eigenvalue weighted by atomic mass is 16.5. The molecule has 5 nitrogen and oxygen atoms in total. The van der Waals surface area contributed by atoms with Crippen LogP contribution >= 0.6 is 0 Å². The van der Waals surface area contributed by atoms with Gasteiger partial charge in [0, 0.05) is 50.9 Å². The molecule has 0 saturated heterocycles. The van der Waals surface area contributed by atoms with Crippen molar-refractivity contribution in [3.8, 4) is 0 Å². The van der Waals surface area contributed by atoms with Crippen molar-refractivity contribution in [1.82, 2.24) is 10.6 Å². The van der Waals surface area contributed by atoms with Gasteiger partial charge in [0.05, 0.1) is 5.60 Å². The van der Waals surface area contributed by atoms with Crippen molar-refractivity contribution in [2.24, 2.45) is 10.4 Å². The van der Waals surface area contributed by atoms with Gasteiger partial charge < -0.3 is 20.3 Å². The van der Waals surface area contributed by atoms with E-state index in [1.54, 1.807) is 7.11 Å². The average molecular weight is 357 g/mol. The van der Waals surface area contributed by atoms with Gasteiger partial charge in [0.15, 0.2) is 5.96 Å². The Kier molecular flexibility index (Phi) is 5.28. The molecule has 1 aromatic rings. The molecule has 1 aliphatic heterocycles. The molecule has 3 rings (SSSR count). The number of hydrogen-bond acceptors (Lipinski definition) is 3. The Morgan fingerprint density at radius 1 is 1.19 bits per heavy atom. The lowest BCUT2D eigenvalue weighted by Gasteiger charge is -2.59. The molecular formula is C21H32N4O. The van der Waals surface area contributed by atoms with Gasteiger partial charge in [0.25, 0.3) is 0 Å². The zero-order chi connectivity index (χ0) is 18.8. The van der Waals surface area contributed by atoms with Gasteiger partial charge >= 0.3 is 0 Å². The summed E-state index contributed by atoms with van der Waals surface area (Å²) < 4.78 is 5.71. The van der Waals surface area contributed by atoms with Gasteiger partial charge in [-0.1, -0.05) is 38.1 Å². The summed E-state index contributed by atoms with van der Waals surface area (Å²) in [4.78, 5) is 6.73. The second kappa shape index (κ2) is 7.31. The number of aliphatic imine (C=N–C) groups is 1. The van der Waals surface area contributed by atoms with Crippen LogP contribution in [0.5, 0.6) is 0 Å². The number of methoxy groups -OCH3 is 1. The molecule has 1 aromatic carbocycles. The highest BCUT2D eigenvalue weighted by Crippen LogP contribution is 2.51. The quantitative estimate of drug-likeness (QED) is 0.484. The summed E-state index contributed by atoms with van der Waals surface area (Å²) in [6.07, 6.45) is 5.40. The predicted molar refractivity (Wildman–Crippen MR) is 109 cm³/mol. The summed E-state index contributed by atoms with van der Waals surface area (Å²) in [6, 6.07) is 9.11. The van der Waals surface area contributed by atoms with Crippen molar-refractivity contribution < 1.29 is 4.74 Å². The number of rotatable bonds is 5. The summed E-state index contributed by atoms with van der Waals surface area (Å²) >= 11 is 0. The van der Waals surface area contributed by atoms with E-state index in [9.17, 15) is 0 Å². The zero-order valence-corrected chi connectivity index (χ0v) is 16.7. The van der Waals surface area contributed by atoms with E-state index in [0.717, 1.165) is 32.0 Å². The third-order valence-corrected chi connectivity index (χ3v) is 6.39. The number of benzene rings is 1. The van der Waals surface area contributed by atoms with Crippen LogP contribution in [0, 0.1) is 5.41 Å². The number of nitrogens with one attached hydrogen (secondary N) is 2. The monoisotopic (exact) mass is 356 g/mol. The molecule has 1 aliphatic carbocycles. The molecular weight excluding hydrogens is 324 g/mol. The Morgan fingerprint density at radius 2 is 1.85 bits per heavy atom. The van der Waals surface area contributed by atoms with E-state index in [1.165, 1.54) is 11.3 Å². The van der Waals surface area contributed by atoms with E-state index in [1.807, 2.05) is 7.05 Å². The van der Waals surface area contributed by atoms with Crippen molar-refractivity contribution in [3.05, 3.63) is 42.0 Å². The van der Waals surface area contributed by atoms with Gasteiger partial charge in [-0.25, -0.2) is 0 Å². The average Bonchev–Trinajstić information content (AvgIpc) is 3.19. The Labute approximate surface area is 157 Å². The first-order valence-corrected chi connectivity index (χ1v) is 9.41. The van der Waals surface area contributed by atoms with E-state index >= 15 is 0 Å². The van der Waals surface area contributed by atoms with Crippen LogP contribution in [0.1, 0.15) is 32.8 Å². The van der Waals surface area contributed by atoms with Gasteiger partial charge in [-0.05, 0) is 31.0 Å². The summed E-state index contributed by atoms with van der Waals surface area (Å²) in [6.45, 7) is 9.44. The highest BCUT2D eigenvalue weighted by molar-refractivity contribution is 5.80. The van der Waals surface area contributed by atoms with Gasteiger partial charge in [-0.15, -0.1) is 0 Å². The fraction of sp³-hybridized carbons (Fsp3) is 0.571. The van der Waals surface area contributed by atoms with Crippen molar-refractivity contribution >= 4 is 11.6 Å². The maximum atomic E-state index is 5.71. The Balaban J connectivity index is 1.52. The molecule has 26 heavy (non-hydrogen) atoms. The minimum atomic E-state index is -0.0796. The molecule has 1 heterocycles. The van der Waals surface area contributed by atoms with Crippen LogP contribution in [0.4, 0.5) is 5.69 Å². The molecule has 1 saturated carbocycles. The second-order valence-electron chi connectivity index (χ2n) is 8.03. The van der Waals surface area contributed by atoms with Crippen LogP contribution < -0.4 is 15.5 Å². The Bertz CT molecular complexity index is 672. The van der Waals surface area contributed by atoms with Crippen molar-refractivity contribution in [2.45, 2.75) is 45.4 Å². The normalized spacial score (nSPS) is 27.3. The lowest BCUT2D eigenvalue weighted by molar-refractivity contribution is -0.176. The van der Waals surface area contributed by atoms with Gasteiger partial charge in [-0.3, -0.25) is 4.99 Å². The van der Waals surface area contributed by atoms with E-state index in [4.69, 9.17) is 4.74 Å². The lowest BCUT2D eigenvalue weighted by atomic mass is 9.56. The number of guanidine groups is 1. The van der Waals surface area contributed by atoms with E-state index < -0.39 is 0 Å². The van der Waals surface area contributed by atoms with Crippen LogP contribution in [0.25, 0.3) is 0 Å². The Hall–Kier alpha value is -2.01. The van der Waals surface area contributed by atoms with Crippen LogP contribution in [0.15, 0.2) is 41.4 Å². The van der Waals surface area contributed by atoms with Gasteiger partial charge in [0.2, 0.25) is 0 Å². The molecule has 142 valence electrons. The lowest BCUT2D eigenvalue weighted by Crippen LogP contribution is -2.69. The smallest absolute Gasteiger partial charge is 0.191 e. The largest absolute Gasteiger partial charge is 0.378 e. The van der Waals surface area contributed by atoms with Crippen LogP contribution in [-0.4, -0.2) is 44.8 Å². The third kappa shape index (κ3) is 3.45. The maximum absolute atomic E-state index is 5.71. The van der Waals surface area contributed by atoms with Crippen LogP contribution in [-0.2, 0) is 11.3 Å². The van der Waals surface area contributed by atoms with Crippen molar-refractivity contribution in [1.29, 1.82) is 0 Å². The fourth-order valence-corrected chi connectivity index (χ4v) is 3.78. The van der Waals surface area contributed by atoms with Gasteiger partial charge in [-0.2, -0.15) is 0 Å². The summed E-state index contributed by atoms with van der Waals surface area (Å²) in [5.41, 5.74) is 2.50. The molecule has 2 N–H and O–H groups in total. The number of anilines is 1. The predicted octanol–water partition coefficient (Wildman–Crippen LogP) is 2.93. The molecule has 0 bridgehead atoms. The summed E-state index contributed by atoms with van der Waals surface area (Å²) in [5, 5.41) is 6.98. The first kappa shape index (κ1) is 18.8. The van der Waals surface area contributed by atoms with E-state index in [-0.39, 0.29) is 11.0 Å². The van der Waals surface area contributed by atoms with Crippen molar-refractivity contribution in [3.63, 3.8) is 0 Å². The molecule has 5 heteroatoms. The molecule has 2 atom stereocenters.